The van der Waals surface area contributed by atoms with Crippen molar-refractivity contribution in [1.82, 2.24) is 21.3 Å². The molecule has 0 aromatic heterocycles. The summed E-state index contributed by atoms with van der Waals surface area (Å²) in [6.07, 6.45) is -0.159. The molecule has 0 spiro atoms. The summed E-state index contributed by atoms with van der Waals surface area (Å²) in [5.74, 6) is -1.98. The smallest absolute Gasteiger partial charge is 0.407 e. The van der Waals surface area contributed by atoms with Crippen molar-refractivity contribution >= 4 is 30.0 Å². The molecule has 1 aliphatic rings. The average Bonchev–Trinajstić information content (AvgIpc) is 3.31. The van der Waals surface area contributed by atoms with Crippen LogP contribution in [0.2, 0.25) is 0 Å². The summed E-state index contributed by atoms with van der Waals surface area (Å²) in [7, 11) is 1.21. The van der Waals surface area contributed by atoms with Crippen molar-refractivity contribution in [3.63, 3.8) is 0 Å². The lowest BCUT2D eigenvalue weighted by molar-refractivity contribution is -0.144. The number of rotatable bonds is 13. The van der Waals surface area contributed by atoms with Crippen molar-refractivity contribution < 1.29 is 38.2 Å². The highest BCUT2D eigenvalue weighted by atomic mass is 16.6. The number of hydrogen-bond acceptors (Lipinski definition) is 8. The van der Waals surface area contributed by atoms with Gasteiger partial charge in [-0.05, 0) is 76.1 Å². The lowest BCUT2D eigenvalue weighted by Crippen LogP contribution is -2.54. The fourth-order valence-electron chi connectivity index (χ4n) is 4.98. The molecular formula is C33H44N4O8. The number of methoxy groups -OCH3 is 1. The Hall–Kier alpha value is -4.61. The summed E-state index contributed by atoms with van der Waals surface area (Å²) < 4.78 is 15.5. The summed E-state index contributed by atoms with van der Waals surface area (Å²) in [6.45, 7) is 8.60. The third-order valence-corrected chi connectivity index (χ3v) is 7.21. The molecule has 12 heteroatoms. The molecule has 12 nitrogen and oxygen atoms in total. The zero-order chi connectivity index (χ0) is 33.1. The monoisotopic (exact) mass is 624 g/mol. The Morgan fingerprint density at radius 1 is 0.778 bits per heavy atom. The van der Waals surface area contributed by atoms with Crippen molar-refractivity contribution in [1.29, 1.82) is 0 Å². The molecule has 4 N–H and O–H groups in total. The predicted molar refractivity (Wildman–Crippen MR) is 167 cm³/mol. The van der Waals surface area contributed by atoms with Gasteiger partial charge in [0.15, 0.2) is 0 Å². The van der Waals surface area contributed by atoms with E-state index in [0.29, 0.717) is 19.4 Å². The highest BCUT2D eigenvalue weighted by molar-refractivity contribution is 5.92. The van der Waals surface area contributed by atoms with Gasteiger partial charge in [0.1, 0.15) is 30.3 Å². The first-order chi connectivity index (χ1) is 21.3. The van der Waals surface area contributed by atoms with E-state index < -0.39 is 53.7 Å². The molecule has 3 rings (SSSR count). The van der Waals surface area contributed by atoms with Crippen LogP contribution in [0, 0.1) is 0 Å². The van der Waals surface area contributed by atoms with E-state index in [4.69, 9.17) is 9.47 Å². The molecule has 4 amide bonds. The van der Waals surface area contributed by atoms with E-state index in [1.807, 2.05) is 48.5 Å². The van der Waals surface area contributed by atoms with Gasteiger partial charge in [0.25, 0.3) is 0 Å². The molecule has 0 bridgehead atoms. The number of nitrogens with one attached hydrogen (secondary N) is 4. The van der Waals surface area contributed by atoms with Crippen LogP contribution >= 0.6 is 0 Å². The Kier molecular flexibility index (Phi) is 12.3. The van der Waals surface area contributed by atoms with Crippen LogP contribution in [0.15, 0.2) is 48.5 Å². The summed E-state index contributed by atoms with van der Waals surface area (Å²) in [5.41, 5.74) is 3.66. The summed E-state index contributed by atoms with van der Waals surface area (Å²) in [5, 5.41) is 10.4. The number of benzene rings is 2. The van der Waals surface area contributed by atoms with Crippen molar-refractivity contribution in [2.24, 2.45) is 0 Å². The number of carbonyl (C=O) groups is 5. The molecule has 2 aromatic rings. The fourth-order valence-corrected chi connectivity index (χ4v) is 4.98. The Balaban J connectivity index is 1.61. The number of carbonyl (C=O) groups excluding carboxylic acids is 5. The first kappa shape index (κ1) is 34.9. The lowest BCUT2D eigenvalue weighted by atomic mass is 9.98. The predicted octanol–water partition coefficient (Wildman–Crippen LogP) is 3.77. The van der Waals surface area contributed by atoms with Crippen LogP contribution < -0.4 is 21.3 Å². The van der Waals surface area contributed by atoms with Crippen LogP contribution in [0.25, 0.3) is 11.1 Å². The zero-order valence-electron chi connectivity index (χ0n) is 26.7. The first-order valence-electron chi connectivity index (χ1n) is 15.1. The number of alkyl carbamates (subject to hydrolysis) is 2. The maximum Gasteiger partial charge on any atom is 0.407 e. The SMILES string of the molecule is COC(=O)[C@H](C)NC(=O)C(C)NC(=O)[C@H](CCCCNC(=O)OC(C)(C)C)NC(=O)OCC1c2ccccc2-c2ccccc21. The van der Waals surface area contributed by atoms with E-state index in [-0.39, 0.29) is 18.9 Å². The normalized spacial score (nSPS) is 14.1. The van der Waals surface area contributed by atoms with Gasteiger partial charge in [-0.1, -0.05) is 48.5 Å². The Morgan fingerprint density at radius 2 is 1.36 bits per heavy atom. The zero-order valence-corrected chi connectivity index (χ0v) is 26.7. The molecule has 0 aliphatic heterocycles. The molecule has 0 saturated heterocycles. The molecule has 0 heterocycles. The van der Waals surface area contributed by atoms with E-state index in [1.165, 1.54) is 21.0 Å². The summed E-state index contributed by atoms with van der Waals surface area (Å²) in [4.78, 5) is 62.4. The first-order valence-corrected chi connectivity index (χ1v) is 15.1. The quantitative estimate of drug-likeness (QED) is 0.149. The van der Waals surface area contributed by atoms with Crippen molar-refractivity contribution in [3.8, 4) is 11.1 Å². The molecule has 3 atom stereocenters. The van der Waals surface area contributed by atoms with E-state index in [2.05, 4.69) is 26.0 Å². The highest BCUT2D eigenvalue weighted by Gasteiger charge is 2.30. The van der Waals surface area contributed by atoms with Gasteiger partial charge in [-0.25, -0.2) is 14.4 Å². The third kappa shape index (κ3) is 10.2. The Morgan fingerprint density at radius 3 is 1.93 bits per heavy atom. The van der Waals surface area contributed by atoms with Crippen LogP contribution in [-0.2, 0) is 28.6 Å². The van der Waals surface area contributed by atoms with Crippen LogP contribution in [0.4, 0.5) is 9.59 Å². The van der Waals surface area contributed by atoms with E-state index in [1.54, 1.807) is 20.8 Å². The lowest BCUT2D eigenvalue weighted by Gasteiger charge is -2.22. The van der Waals surface area contributed by atoms with Gasteiger partial charge < -0.3 is 35.5 Å². The highest BCUT2D eigenvalue weighted by Crippen LogP contribution is 2.44. The van der Waals surface area contributed by atoms with Gasteiger partial charge >= 0.3 is 18.2 Å². The standard InChI is InChI=1S/C33H44N4O8/c1-20(28(38)36-21(2)30(40)43-6)35-29(39)27(17-11-12-18-34-31(41)45-33(3,4)5)37-32(42)44-19-26-24-15-9-7-13-22(24)23-14-8-10-16-25(23)26/h7-10,13-16,20-21,26-27H,11-12,17-19H2,1-6H3,(H,34,41)(H,35,39)(H,36,38)(H,37,42)/t20?,21-,27-/m0/s1. The molecule has 0 radical (unpaired) electrons. The van der Waals surface area contributed by atoms with E-state index >= 15 is 0 Å². The van der Waals surface area contributed by atoms with Gasteiger partial charge in [-0.2, -0.15) is 0 Å². The second kappa shape index (κ2) is 15.9. The maximum atomic E-state index is 13.2. The molecule has 2 aromatic carbocycles. The topological polar surface area (TPSA) is 161 Å². The second-order valence-corrected chi connectivity index (χ2v) is 11.9. The minimum Gasteiger partial charge on any atom is -0.467 e. The van der Waals surface area contributed by atoms with Crippen LogP contribution in [0.5, 0.6) is 0 Å². The summed E-state index contributed by atoms with van der Waals surface area (Å²) in [6, 6.07) is 13.0. The van der Waals surface area contributed by atoms with Crippen molar-refractivity contribution in [2.45, 2.75) is 83.5 Å². The number of amides is 4. The van der Waals surface area contributed by atoms with Gasteiger partial charge in [-0.3, -0.25) is 9.59 Å². The third-order valence-electron chi connectivity index (χ3n) is 7.21. The minimum atomic E-state index is -1.03. The minimum absolute atomic E-state index is 0.0677. The molecule has 45 heavy (non-hydrogen) atoms. The molecule has 1 aliphatic carbocycles. The fraction of sp³-hybridized carbons (Fsp3) is 0.485. The van der Waals surface area contributed by atoms with E-state index in [0.717, 1.165) is 22.3 Å². The molecule has 244 valence electrons. The van der Waals surface area contributed by atoms with Gasteiger partial charge in [-0.15, -0.1) is 0 Å². The largest absolute Gasteiger partial charge is 0.467 e. The number of ether oxygens (including phenoxy) is 3. The van der Waals surface area contributed by atoms with Crippen molar-refractivity contribution in [2.75, 3.05) is 20.3 Å². The molecule has 0 fully saturated rings. The van der Waals surface area contributed by atoms with Crippen molar-refractivity contribution in [3.05, 3.63) is 59.7 Å². The van der Waals surface area contributed by atoms with E-state index in [9.17, 15) is 24.0 Å². The number of esters is 1. The van der Waals surface area contributed by atoms with Gasteiger partial charge in [0, 0.05) is 12.5 Å². The number of fused-ring (bicyclic) bond motifs is 3. The summed E-state index contributed by atoms with van der Waals surface area (Å²) >= 11 is 0. The van der Waals surface area contributed by atoms with Crippen LogP contribution in [0.1, 0.15) is 70.9 Å². The van der Waals surface area contributed by atoms with Gasteiger partial charge in [0.05, 0.1) is 7.11 Å². The number of unbranched alkanes of at least 4 members (excludes halogenated alkanes) is 1. The van der Waals surface area contributed by atoms with Crippen LogP contribution in [-0.4, -0.2) is 74.0 Å². The second-order valence-electron chi connectivity index (χ2n) is 11.9. The molecule has 1 unspecified atom stereocenters. The van der Waals surface area contributed by atoms with Gasteiger partial charge in [0.2, 0.25) is 11.8 Å². The molecule has 0 saturated carbocycles. The Labute approximate surface area is 263 Å². The maximum absolute atomic E-state index is 13.2. The molecular weight excluding hydrogens is 580 g/mol. The Bertz CT molecular complexity index is 1330. The average molecular weight is 625 g/mol. The van der Waals surface area contributed by atoms with Crippen LogP contribution in [0.3, 0.4) is 0 Å². The number of hydrogen-bond donors (Lipinski definition) is 4.